The Hall–Kier alpha value is -1.04. The molecule has 1 aliphatic heterocycles. The van der Waals surface area contributed by atoms with E-state index in [4.69, 9.17) is 0 Å². The number of carbonyl (C=O) groups is 1. The molecular weight excluding hydrogens is 299 g/mol. The molecule has 17 heavy (non-hydrogen) atoms. The van der Waals surface area contributed by atoms with Crippen molar-refractivity contribution in [3.63, 3.8) is 0 Å². The van der Waals surface area contributed by atoms with E-state index in [9.17, 15) is 18.0 Å². The second-order valence-corrected chi connectivity index (χ2v) is 5.12. The van der Waals surface area contributed by atoms with Crippen LogP contribution in [0.1, 0.15) is 22.8 Å². The first-order valence-electron chi connectivity index (χ1n) is 4.91. The number of nitrogens with one attached hydrogen (secondary N) is 1. The van der Waals surface area contributed by atoms with Gasteiger partial charge in [0.15, 0.2) is 0 Å². The molecule has 0 saturated heterocycles. The molecule has 1 heterocycles. The lowest BCUT2D eigenvalue weighted by Gasteiger charge is -2.37. The van der Waals surface area contributed by atoms with Crippen LogP contribution < -0.4 is 5.32 Å². The summed E-state index contributed by atoms with van der Waals surface area (Å²) in [5.41, 5.74) is -1.94. The van der Waals surface area contributed by atoms with Gasteiger partial charge in [-0.2, -0.15) is 13.2 Å². The Morgan fingerprint density at radius 1 is 1.41 bits per heavy atom. The quantitative estimate of drug-likeness (QED) is 0.784. The summed E-state index contributed by atoms with van der Waals surface area (Å²) >= 11 is 3.13. The average Bonchev–Trinajstić information content (AvgIpc) is 2.22. The predicted molar refractivity (Wildman–Crippen MR) is 59.9 cm³/mol. The van der Waals surface area contributed by atoms with Gasteiger partial charge in [-0.05, 0) is 30.7 Å². The Bertz CT molecular complexity index is 486. The van der Waals surface area contributed by atoms with Crippen LogP contribution in [0.15, 0.2) is 22.7 Å². The van der Waals surface area contributed by atoms with Gasteiger partial charge in [-0.15, -0.1) is 0 Å². The number of halogens is 4. The highest BCUT2D eigenvalue weighted by atomic mass is 79.9. The average molecular weight is 308 g/mol. The van der Waals surface area contributed by atoms with E-state index in [1.807, 2.05) is 0 Å². The molecule has 6 heteroatoms. The molecular formula is C11H9BrF3NO. The number of amides is 1. The van der Waals surface area contributed by atoms with Crippen LogP contribution in [0.2, 0.25) is 0 Å². The molecule has 0 aromatic heterocycles. The minimum Gasteiger partial charge on any atom is -0.351 e. The van der Waals surface area contributed by atoms with E-state index >= 15 is 0 Å². The predicted octanol–water partition coefficient (Wildman–Crippen LogP) is 3.01. The molecule has 0 saturated carbocycles. The van der Waals surface area contributed by atoms with Crippen molar-refractivity contribution in [1.82, 2.24) is 5.32 Å². The molecule has 1 unspecified atom stereocenters. The summed E-state index contributed by atoms with van der Waals surface area (Å²) in [4.78, 5) is 11.5. The number of benzene rings is 1. The van der Waals surface area contributed by atoms with Crippen molar-refractivity contribution in [2.45, 2.75) is 18.5 Å². The number of alkyl halides is 3. The molecule has 0 radical (unpaired) electrons. The van der Waals surface area contributed by atoms with Crippen LogP contribution in [0.3, 0.4) is 0 Å². The zero-order valence-corrected chi connectivity index (χ0v) is 10.4. The first-order valence-corrected chi connectivity index (χ1v) is 5.70. The van der Waals surface area contributed by atoms with Crippen molar-refractivity contribution in [3.8, 4) is 0 Å². The van der Waals surface area contributed by atoms with Crippen LogP contribution >= 0.6 is 15.9 Å². The number of rotatable bonds is 0. The lowest BCUT2D eigenvalue weighted by atomic mass is 9.76. The van der Waals surface area contributed by atoms with Crippen molar-refractivity contribution in [2.24, 2.45) is 0 Å². The highest BCUT2D eigenvalue weighted by Gasteiger charge is 2.55. The van der Waals surface area contributed by atoms with Crippen LogP contribution in [0.25, 0.3) is 0 Å². The smallest absolute Gasteiger partial charge is 0.351 e. The molecule has 0 spiro atoms. The highest BCUT2D eigenvalue weighted by molar-refractivity contribution is 9.10. The van der Waals surface area contributed by atoms with Gasteiger partial charge >= 0.3 is 6.18 Å². The van der Waals surface area contributed by atoms with E-state index in [1.54, 1.807) is 6.07 Å². The second-order valence-electron chi connectivity index (χ2n) is 4.20. The highest BCUT2D eigenvalue weighted by Crippen LogP contribution is 2.44. The van der Waals surface area contributed by atoms with E-state index in [1.165, 1.54) is 12.1 Å². The van der Waals surface area contributed by atoms with Crippen molar-refractivity contribution in [3.05, 3.63) is 33.8 Å². The molecule has 2 rings (SSSR count). The van der Waals surface area contributed by atoms with E-state index in [0.29, 0.717) is 4.47 Å². The third kappa shape index (κ3) is 1.84. The van der Waals surface area contributed by atoms with Crippen molar-refractivity contribution in [2.75, 3.05) is 6.54 Å². The molecule has 1 aromatic carbocycles. The standard InChI is InChI=1S/C11H9BrF3NO/c1-10(11(13,14)15)5-16-9(17)7-3-2-6(12)4-8(7)10/h2-4H,5H2,1H3,(H,16,17). The third-order valence-corrected chi connectivity index (χ3v) is 3.54. The molecule has 92 valence electrons. The Morgan fingerprint density at radius 2 is 2.06 bits per heavy atom. The number of hydrogen-bond donors (Lipinski definition) is 1. The Labute approximate surface area is 104 Å². The van der Waals surface area contributed by atoms with E-state index in [-0.39, 0.29) is 11.1 Å². The summed E-state index contributed by atoms with van der Waals surface area (Å²) in [6, 6.07) is 4.32. The Morgan fingerprint density at radius 3 is 2.65 bits per heavy atom. The molecule has 1 N–H and O–H groups in total. The monoisotopic (exact) mass is 307 g/mol. The van der Waals surface area contributed by atoms with E-state index in [2.05, 4.69) is 21.2 Å². The molecule has 2 nitrogen and oxygen atoms in total. The second kappa shape index (κ2) is 3.73. The molecule has 0 aliphatic carbocycles. The van der Waals surface area contributed by atoms with Gasteiger partial charge in [0.1, 0.15) is 5.41 Å². The minimum absolute atomic E-state index is 0.0168. The van der Waals surface area contributed by atoms with E-state index in [0.717, 1.165) is 6.92 Å². The van der Waals surface area contributed by atoms with Gasteiger partial charge in [-0.25, -0.2) is 0 Å². The lowest BCUT2D eigenvalue weighted by Crippen LogP contribution is -2.53. The zero-order valence-electron chi connectivity index (χ0n) is 8.86. The summed E-state index contributed by atoms with van der Waals surface area (Å²) in [7, 11) is 0. The van der Waals surface area contributed by atoms with Crippen LogP contribution in [0.5, 0.6) is 0 Å². The fourth-order valence-electron chi connectivity index (χ4n) is 1.87. The molecule has 1 atom stereocenters. The summed E-state index contributed by atoms with van der Waals surface area (Å²) in [6.45, 7) is 0.663. The van der Waals surface area contributed by atoms with Gasteiger partial charge < -0.3 is 5.32 Å². The summed E-state index contributed by atoms with van der Waals surface area (Å²) in [5, 5.41) is 2.28. The fourth-order valence-corrected chi connectivity index (χ4v) is 2.23. The van der Waals surface area contributed by atoms with Crippen LogP contribution in [-0.4, -0.2) is 18.6 Å². The maximum atomic E-state index is 13.1. The molecule has 1 aromatic rings. The minimum atomic E-state index is -4.41. The summed E-state index contributed by atoms with van der Waals surface area (Å²) in [6.07, 6.45) is -4.41. The fraction of sp³-hybridized carbons (Fsp3) is 0.364. The summed E-state index contributed by atoms with van der Waals surface area (Å²) < 4.78 is 39.8. The Kier molecular flexibility index (Phi) is 2.72. The SMILES string of the molecule is CC1(C(F)(F)F)CNC(=O)c2ccc(Br)cc21. The third-order valence-electron chi connectivity index (χ3n) is 3.05. The maximum Gasteiger partial charge on any atom is 0.399 e. The summed E-state index contributed by atoms with van der Waals surface area (Å²) in [5.74, 6) is -0.464. The van der Waals surface area contributed by atoms with Crippen LogP contribution in [0.4, 0.5) is 13.2 Å². The van der Waals surface area contributed by atoms with Crippen LogP contribution in [-0.2, 0) is 5.41 Å². The van der Waals surface area contributed by atoms with Gasteiger partial charge in [-0.1, -0.05) is 15.9 Å². The number of carbonyl (C=O) groups excluding carboxylic acids is 1. The van der Waals surface area contributed by atoms with Crippen molar-refractivity contribution < 1.29 is 18.0 Å². The lowest BCUT2D eigenvalue weighted by molar-refractivity contribution is -0.184. The van der Waals surface area contributed by atoms with Gasteiger partial charge in [0.2, 0.25) is 0 Å². The first kappa shape index (κ1) is 12.4. The molecule has 0 bridgehead atoms. The number of hydrogen-bond acceptors (Lipinski definition) is 1. The van der Waals surface area contributed by atoms with Gasteiger partial charge in [0.25, 0.3) is 5.91 Å². The van der Waals surface area contributed by atoms with Crippen LogP contribution in [0, 0.1) is 0 Å². The van der Waals surface area contributed by atoms with Crippen molar-refractivity contribution >= 4 is 21.8 Å². The molecule has 0 fully saturated rings. The molecule has 1 aliphatic rings. The maximum absolute atomic E-state index is 13.1. The van der Waals surface area contributed by atoms with Gasteiger partial charge in [-0.3, -0.25) is 4.79 Å². The van der Waals surface area contributed by atoms with Crippen molar-refractivity contribution in [1.29, 1.82) is 0 Å². The normalized spacial score (nSPS) is 24.2. The largest absolute Gasteiger partial charge is 0.399 e. The zero-order chi connectivity index (χ0) is 12.8. The van der Waals surface area contributed by atoms with Gasteiger partial charge in [0, 0.05) is 16.6 Å². The first-order chi connectivity index (χ1) is 7.75. The van der Waals surface area contributed by atoms with Gasteiger partial charge in [0.05, 0.1) is 0 Å². The molecule has 1 amide bonds. The Balaban J connectivity index is 2.67. The van der Waals surface area contributed by atoms with E-state index < -0.39 is 24.0 Å². The number of fused-ring (bicyclic) bond motifs is 1. The topological polar surface area (TPSA) is 29.1 Å².